The van der Waals surface area contributed by atoms with Crippen molar-refractivity contribution in [3.63, 3.8) is 0 Å². The van der Waals surface area contributed by atoms with Crippen molar-refractivity contribution in [1.29, 1.82) is 0 Å². The number of rotatable bonds is 7. The number of halogens is 1. The van der Waals surface area contributed by atoms with Crippen molar-refractivity contribution in [2.45, 2.75) is 115 Å². The molecule has 0 aromatic carbocycles. The second-order valence-corrected chi connectivity index (χ2v) is 14.8. The predicted molar refractivity (Wildman–Crippen MR) is 202 cm³/mol. The number of carbonyl (C=O) groups is 2. The predicted octanol–water partition coefficient (Wildman–Crippen LogP) is 7.76. The van der Waals surface area contributed by atoms with Gasteiger partial charge in [0.1, 0.15) is 5.15 Å². The van der Waals surface area contributed by atoms with E-state index in [-0.39, 0.29) is 12.2 Å². The molecule has 0 aliphatic carbocycles. The van der Waals surface area contributed by atoms with E-state index in [0.29, 0.717) is 42.3 Å². The molecule has 4 saturated heterocycles. The minimum Gasteiger partial charge on any atom is -0.450 e. The quantitative estimate of drug-likeness (QED) is 0.268. The van der Waals surface area contributed by atoms with Crippen LogP contribution in [0.25, 0.3) is 0 Å². The summed E-state index contributed by atoms with van der Waals surface area (Å²) in [5.74, 6) is 1.16. The molecule has 6 rings (SSSR count). The Morgan fingerprint density at radius 2 is 1.12 bits per heavy atom. The summed E-state index contributed by atoms with van der Waals surface area (Å²) in [5, 5.41) is 0.653. The number of pyridine rings is 2. The summed E-state index contributed by atoms with van der Waals surface area (Å²) in [7, 11) is 0. The van der Waals surface area contributed by atoms with Crippen molar-refractivity contribution in [2.24, 2.45) is 0 Å². The summed E-state index contributed by atoms with van der Waals surface area (Å²) in [6, 6.07) is 9.62. The molecule has 0 radical (unpaired) electrons. The number of nitrogens with zero attached hydrogens (tertiary/aromatic N) is 6. The van der Waals surface area contributed by atoms with Crippen LogP contribution in [0.3, 0.4) is 0 Å². The summed E-state index contributed by atoms with van der Waals surface area (Å²) < 4.78 is 10.3. The van der Waals surface area contributed by atoms with Crippen LogP contribution < -0.4 is 0 Å². The molecule has 2 amide bonds. The highest BCUT2D eigenvalue weighted by Gasteiger charge is 2.31. The van der Waals surface area contributed by atoms with Crippen LogP contribution in [0, 0.1) is 0 Å². The number of aromatic nitrogens is 2. The van der Waals surface area contributed by atoms with Crippen LogP contribution in [-0.2, 0) is 15.9 Å². The summed E-state index contributed by atoms with van der Waals surface area (Å²) in [6.45, 7) is 14.6. The van der Waals surface area contributed by atoms with Gasteiger partial charge in [0.15, 0.2) is 0 Å². The molecule has 6 heterocycles. The third-order valence-electron chi connectivity index (χ3n) is 11.5. The first-order chi connectivity index (χ1) is 24.9. The van der Waals surface area contributed by atoms with Gasteiger partial charge in [0.05, 0.1) is 13.2 Å². The van der Waals surface area contributed by atoms with Gasteiger partial charge in [-0.3, -0.25) is 4.98 Å². The lowest BCUT2D eigenvalue weighted by molar-refractivity contribution is 0.104. The lowest BCUT2D eigenvalue weighted by atomic mass is 9.87. The number of amides is 2. The Hall–Kier alpha value is -2.95. The number of aryl methyl sites for hydroxylation is 1. The van der Waals surface area contributed by atoms with Gasteiger partial charge in [-0.2, -0.15) is 0 Å². The summed E-state index contributed by atoms with van der Waals surface area (Å²) in [5.41, 5.74) is 3.92. The number of hydrogen-bond acceptors (Lipinski definition) is 8. The first kappa shape index (κ1) is 39.3. The normalized spacial score (nSPS) is 23.1. The fourth-order valence-corrected chi connectivity index (χ4v) is 8.93. The summed E-state index contributed by atoms with van der Waals surface area (Å²) >= 11 is 6.26. The van der Waals surface area contributed by atoms with Crippen molar-refractivity contribution in [3.8, 4) is 0 Å². The Balaban J connectivity index is 0.000000198. The zero-order chi connectivity index (χ0) is 36.0. The van der Waals surface area contributed by atoms with E-state index in [1.165, 1.54) is 36.1 Å². The molecule has 4 fully saturated rings. The Morgan fingerprint density at radius 1 is 0.647 bits per heavy atom. The highest BCUT2D eigenvalue weighted by molar-refractivity contribution is 6.30. The summed E-state index contributed by atoms with van der Waals surface area (Å²) in [6.07, 6.45) is 15.7. The van der Waals surface area contributed by atoms with Gasteiger partial charge in [0.2, 0.25) is 0 Å². The van der Waals surface area contributed by atoms with E-state index in [1.807, 2.05) is 35.9 Å². The van der Waals surface area contributed by atoms with Crippen LogP contribution in [0.4, 0.5) is 9.59 Å². The third-order valence-corrected chi connectivity index (χ3v) is 11.8. The molecule has 2 atom stereocenters. The van der Waals surface area contributed by atoms with Crippen LogP contribution in [0.5, 0.6) is 0 Å². The second kappa shape index (κ2) is 20.3. The molecule has 2 aromatic heterocycles. The largest absolute Gasteiger partial charge is 0.450 e. The topological polar surface area (TPSA) is 91.3 Å². The molecule has 2 unspecified atom stereocenters. The van der Waals surface area contributed by atoms with Crippen LogP contribution in [0.15, 0.2) is 36.7 Å². The molecule has 0 bridgehead atoms. The van der Waals surface area contributed by atoms with E-state index in [4.69, 9.17) is 21.1 Å². The third kappa shape index (κ3) is 11.0. The van der Waals surface area contributed by atoms with Crippen LogP contribution in [-0.4, -0.2) is 119 Å². The zero-order valence-corrected chi connectivity index (χ0v) is 32.1. The lowest BCUT2D eigenvalue weighted by Crippen LogP contribution is -2.42. The first-order valence-electron chi connectivity index (χ1n) is 19.8. The maximum absolute atomic E-state index is 12.0. The highest BCUT2D eigenvalue weighted by atomic mass is 35.5. The molecular weight excluding hydrogens is 664 g/mol. The van der Waals surface area contributed by atoms with Crippen molar-refractivity contribution in [2.75, 3.05) is 65.6 Å². The second-order valence-electron chi connectivity index (χ2n) is 14.4. The number of likely N-dealkylation sites (tertiary alicyclic amines) is 4. The monoisotopic (exact) mass is 724 g/mol. The highest BCUT2D eigenvalue weighted by Crippen LogP contribution is 2.34. The van der Waals surface area contributed by atoms with Crippen molar-refractivity contribution < 1.29 is 19.1 Å². The number of hydrogen-bond donors (Lipinski definition) is 0. The van der Waals surface area contributed by atoms with Gasteiger partial charge < -0.3 is 29.1 Å². The molecule has 10 nitrogen and oxygen atoms in total. The van der Waals surface area contributed by atoms with Crippen molar-refractivity contribution in [3.05, 3.63) is 58.6 Å². The van der Waals surface area contributed by atoms with Gasteiger partial charge in [-0.15, -0.1) is 0 Å². The van der Waals surface area contributed by atoms with Gasteiger partial charge in [-0.1, -0.05) is 30.7 Å². The van der Waals surface area contributed by atoms with Crippen LogP contribution in [0.1, 0.15) is 114 Å². The number of ether oxygens (including phenoxy) is 2. The lowest BCUT2D eigenvalue weighted by Gasteiger charge is -2.37. The molecular formula is C40H61ClN6O4. The van der Waals surface area contributed by atoms with E-state index in [0.717, 1.165) is 104 Å². The van der Waals surface area contributed by atoms with E-state index in [2.05, 4.69) is 44.9 Å². The maximum Gasteiger partial charge on any atom is 0.409 e. The van der Waals surface area contributed by atoms with Crippen LogP contribution >= 0.6 is 11.6 Å². The van der Waals surface area contributed by atoms with Crippen molar-refractivity contribution in [1.82, 2.24) is 29.6 Å². The Kier molecular flexibility index (Phi) is 15.7. The minimum absolute atomic E-state index is 0.143. The molecule has 0 N–H and O–H groups in total. The standard InChI is InChI=1S/C21H33N3O2.C19H28ClN3O2/c1-3-20-19(8-5-12-22-20)17-9-14-23(15-10-17)18-7-6-13-24(16-11-18)21(25)26-4-2;1-2-25-19(24)23-11-4-5-16(9-14-23)22-12-7-15(8-13-22)17-6-3-10-21-18(17)20/h5,8,12,17-18H,3-4,6-7,9-11,13-16H2,1-2H3;3,6,10,15-16H,2,4-5,7-9,11-14H2,1H3. The zero-order valence-electron chi connectivity index (χ0n) is 31.3. The Labute approximate surface area is 311 Å². The Bertz CT molecular complexity index is 1370. The van der Waals surface area contributed by atoms with E-state index < -0.39 is 0 Å². The fraction of sp³-hybridized carbons (Fsp3) is 0.700. The van der Waals surface area contributed by atoms with Crippen molar-refractivity contribution >= 4 is 23.8 Å². The average molecular weight is 725 g/mol. The summed E-state index contributed by atoms with van der Waals surface area (Å²) in [4.78, 5) is 41.7. The van der Waals surface area contributed by atoms with Gasteiger partial charge >= 0.3 is 12.2 Å². The Morgan fingerprint density at radius 3 is 1.59 bits per heavy atom. The van der Waals surface area contributed by atoms with E-state index in [9.17, 15) is 9.59 Å². The molecule has 282 valence electrons. The SMILES string of the molecule is CCOC(=O)N1CCCC(N2CCC(c3cccnc3CC)CC2)CC1.CCOC(=O)N1CCCC(N2CCC(c3cccnc3Cl)CC2)CC1. The number of carbonyl (C=O) groups excluding carboxylic acids is 2. The molecule has 2 aromatic rings. The fourth-order valence-electron chi connectivity index (χ4n) is 8.65. The number of piperidine rings is 2. The van der Waals surface area contributed by atoms with Gasteiger partial charge in [-0.25, -0.2) is 14.6 Å². The van der Waals surface area contributed by atoms with Crippen LogP contribution in [0.2, 0.25) is 5.15 Å². The molecule has 4 aliphatic rings. The van der Waals surface area contributed by atoms with Gasteiger partial charge in [-0.05, 0) is 146 Å². The molecule has 51 heavy (non-hydrogen) atoms. The minimum atomic E-state index is -0.159. The first-order valence-corrected chi connectivity index (χ1v) is 20.1. The average Bonchev–Trinajstić information content (AvgIpc) is 3.58. The molecule has 0 spiro atoms. The maximum atomic E-state index is 12.0. The smallest absolute Gasteiger partial charge is 0.409 e. The van der Waals surface area contributed by atoms with Gasteiger partial charge in [0, 0.05) is 56.4 Å². The van der Waals surface area contributed by atoms with E-state index >= 15 is 0 Å². The molecule has 4 aliphatic heterocycles. The molecule has 11 heteroatoms. The van der Waals surface area contributed by atoms with Gasteiger partial charge in [0.25, 0.3) is 0 Å². The van der Waals surface area contributed by atoms with E-state index in [1.54, 1.807) is 6.20 Å². The molecule has 0 saturated carbocycles.